The van der Waals surface area contributed by atoms with Gasteiger partial charge in [0, 0.05) is 25.4 Å². The van der Waals surface area contributed by atoms with E-state index < -0.39 is 0 Å². The summed E-state index contributed by atoms with van der Waals surface area (Å²) >= 11 is 0. The van der Waals surface area contributed by atoms with Crippen molar-refractivity contribution in [2.75, 3.05) is 6.54 Å². The fourth-order valence-electron chi connectivity index (χ4n) is 3.12. The molecule has 8 nitrogen and oxygen atoms in total. The molecule has 0 unspecified atom stereocenters. The molecular weight excluding hydrogens is 334 g/mol. The summed E-state index contributed by atoms with van der Waals surface area (Å²) in [5.74, 6) is 2.73. The molecule has 0 aromatic carbocycles. The smallest absolute Gasteiger partial charge is 0.230 e. The van der Waals surface area contributed by atoms with Gasteiger partial charge in [0.05, 0.1) is 18.7 Å². The lowest BCUT2D eigenvalue weighted by Crippen LogP contribution is -2.42. The molecule has 1 aliphatic rings. The molecule has 3 aromatic heterocycles. The number of carbonyl (C=O) groups is 1. The Morgan fingerprint density at radius 2 is 2.19 bits per heavy atom. The fraction of sp³-hybridized carbons (Fsp3) is 0.333. The van der Waals surface area contributed by atoms with Gasteiger partial charge in [-0.2, -0.15) is 0 Å². The average Bonchev–Trinajstić information content (AvgIpc) is 3.31. The second-order valence-corrected chi connectivity index (χ2v) is 6.10. The van der Waals surface area contributed by atoms with Gasteiger partial charge in [0.2, 0.25) is 11.8 Å². The van der Waals surface area contributed by atoms with Crippen LogP contribution in [0, 0.1) is 0 Å². The molecule has 0 N–H and O–H groups in total. The van der Waals surface area contributed by atoms with E-state index in [4.69, 9.17) is 9.15 Å². The molecule has 4 rings (SSSR count). The van der Waals surface area contributed by atoms with Crippen LogP contribution in [0.4, 0.5) is 0 Å². The highest BCUT2D eigenvalue weighted by Gasteiger charge is 2.31. The second-order valence-electron chi connectivity index (χ2n) is 6.10. The Hall–Kier alpha value is -3.16. The number of amides is 1. The number of aromatic nitrogens is 4. The first-order valence-corrected chi connectivity index (χ1v) is 8.50. The van der Waals surface area contributed by atoms with Crippen LogP contribution in [0.1, 0.15) is 30.4 Å². The number of pyridine rings is 1. The van der Waals surface area contributed by atoms with E-state index in [0.717, 1.165) is 11.6 Å². The highest BCUT2D eigenvalue weighted by atomic mass is 16.5. The number of hydrogen-bond donors (Lipinski definition) is 0. The highest BCUT2D eigenvalue weighted by molar-refractivity contribution is 5.78. The van der Waals surface area contributed by atoms with Crippen molar-refractivity contribution < 1.29 is 13.9 Å². The summed E-state index contributed by atoms with van der Waals surface area (Å²) in [4.78, 5) is 18.5. The Kier molecular flexibility index (Phi) is 4.39. The molecule has 8 heteroatoms. The van der Waals surface area contributed by atoms with E-state index in [1.807, 2.05) is 34.6 Å². The summed E-state index contributed by atoms with van der Waals surface area (Å²) in [6.07, 6.45) is 3.51. The van der Waals surface area contributed by atoms with Crippen molar-refractivity contribution in [2.24, 2.45) is 0 Å². The van der Waals surface area contributed by atoms with Crippen molar-refractivity contribution in [3.8, 4) is 5.88 Å². The first-order valence-electron chi connectivity index (χ1n) is 8.50. The molecule has 3 aromatic rings. The molecule has 134 valence electrons. The maximum atomic E-state index is 12.6. The third-order valence-corrected chi connectivity index (χ3v) is 4.47. The van der Waals surface area contributed by atoms with E-state index in [0.29, 0.717) is 24.7 Å². The van der Waals surface area contributed by atoms with Gasteiger partial charge in [-0.3, -0.25) is 4.79 Å². The molecule has 0 saturated carbocycles. The van der Waals surface area contributed by atoms with E-state index >= 15 is 0 Å². The number of carbonyl (C=O) groups excluding carboxylic acids is 1. The maximum Gasteiger partial charge on any atom is 0.230 e. The standard InChI is InChI=1S/C18H19N5O3/c1-13-18-21-20-15(12-26-16-6-2-3-7-19-16)23(18)9-8-22(13)17(24)11-14-5-4-10-25-14/h2-7,10,13H,8-9,11-12H2,1H3/t13-/m1/s1. The molecule has 1 amide bonds. The van der Waals surface area contributed by atoms with Crippen molar-refractivity contribution in [1.82, 2.24) is 24.6 Å². The lowest BCUT2D eigenvalue weighted by molar-refractivity contribution is -0.134. The van der Waals surface area contributed by atoms with Crippen molar-refractivity contribution in [3.63, 3.8) is 0 Å². The van der Waals surface area contributed by atoms with Gasteiger partial charge in [0.15, 0.2) is 11.6 Å². The summed E-state index contributed by atoms with van der Waals surface area (Å²) in [5.41, 5.74) is 0. The van der Waals surface area contributed by atoms with Crippen LogP contribution in [0.15, 0.2) is 47.2 Å². The first-order chi connectivity index (χ1) is 12.7. The van der Waals surface area contributed by atoms with Crippen LogP contribution in [-0.4, -0.2) is 37.1 Å². The van der Waals surface area contributed by atoms with Gasteiger partial charge in [-0.05, 0) is 25.1 Å². The quantitative estimate of drug-likeness (QED) is 0.697. The molecule has 26 heavy (non-hydrogen) atoms. The molecule has 4 heterocycles. The van der Waals surface area contributed by atoms with E-state index in [1.165, 1.54) is 0 Å². The monoisotopic (exact) mass is 353 g/mol. The van der Waals surface area contributed by atoms with E-state index in [9.17, 15) is 4.79 Å². The van der Waals surface area contributed by atoms with Crippen LogP contribution in [0.2, 0.25) is 0 Å². The Bertz CT molecular complexity index is 876. The third kappa shape index (κ3) is 3.17. The van der Waals surface area contributed by atoms with Gasteiger partial charge in [0.1, 0.15) is 12.4 Å². The van der Waals surface area contributed by atoms with Crippen LogP contribution in [0.5, 0.6) is 5.88 Å². The minimum atomic E-state index is -0.151. The van der Waals surface area contributed by atoms with Gasteiger partial charge < -0.3 is 18.6 Å². The second kappa shape index (κ2) is 6.99. The zero-order chi connectivity index (χ0) is 17.9. The van der Waals surface area contributed by atoms with Gasteiger partial charge in [-0.25, -0.2) is 4.98 Å². The van der Waals surface area contributed by atoms with Crippen LogP contribution in [-0.2, 0) is 24.4 Å². The number of ether oxygens (including phenoxy) is 1. The van der Waals surface area contributed by atoms with Gasteiger partial charge in [-0.15, -0.1) is 10.2 Å². The minimum Gasteiger partial charge on any atom is -0.469 e. The predicted molar refractivity (Wildman–Crippen MR) is 91.1 cm³/mol. The third-order valence-electron chi connectivity index (χ3n) is 4.47. The van der Waals surface area contributed by atoms with Crippen LogP contribution in [0.3, 0.4) is 0 Å². The molecule has 0 fully saturated rings. The Balaban J connectivity index is 1.45. The number of fused-ring (bicyclic) bond motifs is 1. The first kappa shape index (κ1) is 16.3. The topological polar surface area (TPSA) is 86.3 Å². The van der Waals surface area contributed by atoms with Crippen molar-refractivity contribution in [1.29, 1.82) is 0 Å². The van der Waals surface area contributed by atoms with Crippen LogP contribution in [0.25, 0.3) is 0 Å². The average molecular weight is 353 g/mol. The normalized spacial score (nSPS) is 16.3. The molecule has 1 aliphatic heterocycles. The van der Waals surface area contributed by atoms with E-state index in [2.05, 4.69) is 15.2 Å². The largest absolute Gasteiger partial charge is 0.469 e. The molecule has 0 radical (unpaired) electrons. The van der Waals surface area contributed by atoms with E-state index in [-0.39, 0.29) is 25.0 Å². The molecule has 0 saturated heterocycles. The summed E-state index contributed by atoms with van der Waals surface area (Å²) in [7, 11) is 0. The molecule has 0 aliphatic carbocycles. The van der Waals surface area contributed by atoms with Gasteiger partial charge >= 0.3 is 0 Å². The SMILES string of the molecule is C[C@@H]1c2nnc(COc3ccccn3)n2CCN1C(=O)Cc1ccco1. The fourth-order valence-corrected chi connectivity index (χ4v) is 3.12. The maximum absolute atomic E-state index is 12.6. The van der Waals surface area contributed by atoms with Crippen LogP contribution < -0.4 is 4.74 Å². The summed E-state index contributed by atoms with van der Waals surface area (Å²) in [5, 5.41) is 8.51. The van der Waals surface area contributed by atoms with Gasteiger partial charge in [0.25, 0.3) is 0 Å². The minimum absolute atomic E-state index is 0.0213. The summed E-state index contributed by atoms with van der Waals surface area (Å²) in [6.45, 7) is 3.49. The lowest BCUT2D eigenvalue weighted by atomic mass is 10.1. The Labute approximate surface area is 150 Å². The lowest BCUT2D eigenvalue weighted by Gasteiger charge is -2.33. The molecule has 1 atom stereocenters. The Morgan fingerprint density at radius 1 is 1.27 bits per heavy atom. The summed E-state index contributed by atoms with van der Waals surface area (Å²) in [6, 6.07) is 8.94. The molecule has 0 spiro atoms. The van der Waals surface area contributed by atoms with Crippen LogP contribution >= 0.6 is 0 Å². The Morgan fingerprint density at radius 3 is 2.96 bits per heavy atom. The zero-order valence-electron chi connectivity index (χ0n) is 14.4. The summed E-state index contributed by atoms with van der Waals surface area (Å²) < 4.78 is 13.0. The number of furan rings is 1. The van der Waals surface area contributed by atoms with Crippen molar-refractivity contribution in [2.45, 2.75) is 32.5 Å². The highest BCUT2D eigenvalue weighted by Crippen LogP contribution is 2.25. The zero-order valence-corrected chi connectivity index (χ0v) is 14.4. The van der Waals surface area contributed by atoms with Gasteiger partial charge in [-0.1, -0.05) is 6.07 Å². The van der Waals surface area contributed by atoms with E-state index in [1.54, 1.807) is 24.6 Å². The van der Waals surface area contributed by atoms with Crippen molar-refractivity contribution in [3.05, 3.63) is 60.2 Å². The number of hydrogen-bond acceptors (Lipinski definition) is 6. The molecule has 0 bridgehead atoms. The van der Waals surface area contributed by atoms with Crippen molar-refractivity contribution >= 4 is 5.91 Å². The number of nitrogens with zero attached hydrogens (tertiary/aromatic N) is 5. The predicted octanol–water partition coefficient (Wildman–Crippen LogP) is 1.99. The number of rotatable bonds is 5. The molecular formula is C18H19N5O3.